The Bertz CT molecular complexity index is 1330. The minimum absolute atomic E-state index is 0.0724. The van der Waals surface area contributed by atoms with Gasteiger partial charge in [0.2, 0.25) is 0 Å². The predicted octanol–water partition coefficient (Wildman–Crippen LogP) is 4.54. The first kappa shape index (κ1) is 25.6. The van der Waals surface area contributed by atoms with Crippen LogP contribution in [0.3, 0.4) is 0 Å². The van der Waals surface area contributed by atoms with Crippen molar-refractivity contribution in [3.05, 3.63) is 88.6 Å². The summed E-state index contributed by atoms with van der Waals surface area (Å²) in [5, 5.41) is 5.93. The highest BCUT2D eigenvalue weighted by Gasteiger charge is 2.42. The zero-order valence-electron chi connectivity index (χ0n) is 21.3. The number of piperidine rings is 1. The summed E-state index contributed by atoms with van der Waals surface area (Å²) in [5.41, 5.74) is 2.31. The van der Waals surface area contributed by atoms with E-state index in [0.29, 0.717) is 22.4 Å². The summed E-state index contributed by atoms with van der Waals surface area (Å²) in [4.78, 5) is 32.4. The lowest BCUT2D eigenvalue weighted by molar-refractivity contribution is 0.0923. The Labute approximate surface area is 220 Å². The number of amides is 2. The number of pyridine rings is 1. The summed E-state index contributed by atoms with van der Waals surface area (Å²) in [6.45, 7) is 1.97. The zero-order valence-corrected chi connectivity index (χ0v) is 21.3. The second-order valence-corrected chi connectivity index (χ2v) is 9.90. The van der Waals surface area contributed by atoms with Gasteiger partial charge in [0, 0.05) is 42.0 Å². The van der Waals surface area contributed by atoms with Crippen LogP contribution >= 0.6 is 0 Å². The van der Waals surface area contributed by atoms with Gasteiger partial charge in [-0.2, -0.15) is 0 Å². The first-order valence-electron chi connectivity index (χ1n) is 12.7. The molecule has 2 atom stereocenters. The Hall–Kier alpha value is -4.01. The Morgan fingerprint density at radius 3 is 2.45 bits per heavy atom. The first-order chi connectivity index (χ1) is 18.3. The van der Waals surface area contributed by atoms with Gasteiger partial charge in [0.1, 0.15) is 11.6 Å². The molecule has 2 aliphatic rings. The molecule has 0 aliphatic carbocycles. The Morgan fingerprint density at radius 1 is 1.03 bits per heavy atom. The fourth-order valence-electron chi connectivity index (χ4n) is 5.62. The number of benzene rings is 2. The third-order valence-corrected chi connectivity index (χ3v) is 7.53. The van der Waals surface area contributed by atoms with Gasteiger partial charge in [-0.25, -0.2) is 13.8 Å². The summed E-state index contributed by atoms with van der Waals surface area (Å²) >= 11 is 0. The number of rotatable bonds is 7. The van der Waals surface area contributed by atoms with Crippen molar-refractivity contribution >= 4 is 17.6 Å². The summed E-state index contributed by atoms with van der Waals surface area (Å²) in [5.74, 6) is -0.798. The van der Waals surface area contributed by atoms with Crippen LogP contribution in [0.1, 0.15) is 57.5 Å². The maximum Gasteiger partial charge on any atom is 0.253 e. The fraction of sp³-hybridized carbons (Fsp3) is 0.345. The van der Waals surface area contributed by atoms with E-state index in [1.165, 1.54) is 12.3 Å². The molecule has 9 heteroatoms. The summed E-state index contributed by atoms with van der Waals surface area (Å²) < 4.78 is 31.9. The average molecular weight is 521 g/mol. The highest BCUT2D eigenvalue weighted by Crippen LogP contribution is 2.38. The number of methoxy groups -OCH3 is 1. The highest BCUT2D eigenvalue weighted by atomic mass is 19.2. The normalized spacial score (nSPS) is 20.2. The van der Waals surface area contributed by atoms with E-state index in [9.17, 15) is 18.4 Å². The molecule has 2 amide bonds. The molecule has 2 fully saturated rings. The Balaban J connectivity index is 1.19. The predicted molar refractivity (Wildman–Crippen MR) is 139 cm³/mol. The van der Waals surface area contributed by atoms with Crippen molar-refractivity contribution in [2.75, 3.05) is 12.0 Å². The van der Waals surface area contributed by atoms with Crippen LogP contribution in [0.4, 0.5) is 14.6 Å². The molecule has 198 valence electrons. The third kappa shape index (κ3) is 5.18. The molecule has 2 aliphatic heterocycles. The van der Waals surface area contributed by atoms with E-state index in [2.05, 4.69) is 20.5 Å². The van der Waals surface area contributed by atoms with Gasteiger partial charge in [-0.05, 0) is 74.6 Å². The summed E-state index contributed by atoms with van der Waals surface area (Å²) in [6, 6.07) is 13.2. The van der Waals surface area contributed by atoms with Crippen molar-refractivity contribution in [3.8, 4) is 5.75 Å². The van der Waals surface area contributed by atoms with Crippen molar-refractivity contribution in [3.63, 3.8) is 0 Å². The van der Waals surface area contributed by atoms with Crippen molar-refractivity contribution in [1.82, 2.24) is 15.6 Å². The van der Waals surface area contributed by atoms with Crippen LogP contribution in [0.15, 0.2) is 54.7 Å². The third-order valence-electron chi connectivity index (χ3n) is 7.53. The second kappa shape index (κ2) is 10.8. The minimum atomic E-state index is -0.948. The number of halogens is 2. The van der Waals surface area contributed by atoms with Gasteiger partial charge in [-0.1, -0.05) is 12.1 Å². The van der Waals surface area contributed by atoms with Crippen LogP contribution in [0, 0.1) is 18.6 Å². The van der Waals surface area contributed by atoms with Gasteiger partial charge in [0.15, 0.2) is 11.6 Å². The van der Waals surface area contributed by atoms with Crippen LogP contribution in [0.2, 0.25) is 0 Å². The van der Waals surface area contributed by atoms with Gasteiger partial charge in [-0.3, -0.25) is 9.59 Å². The molecule has 7 nitrogen and oxygen atoms in total. The Kier molecular flexibility index (Phi) is 7.26. The SMILES string of the molecule is COc1cccc(C(=O)NC2CC3CCC(C2)N3c2ccc(C(=O)NCc3ccc(F)c(F)c3)cn2)c1C. The van der Waals surface area contributed by atoms with Crippen LogP contribution < -0.4 is 20.3 Å². The number of hydrogen-bond donors (Lipinski definition) is 2. The molecule has 3 heterocycles. The number of hydrogen-bond acceptors (Lipinski definition) is 5. The molecule has 2 unspecified atom stereocenters. The van der Waals surface area contributed by atoms with Gasteiger partial charge in [0.25, 0.3) is 11.8 Å². The Morgan fingerprint density at radius 2 is 1.79 bits per heavy atom. The van der Waals surface area contributed by atoms with Gasteiger partial charge in [-0.15, -0.1) is 0 Å². The van der Waals surface area contributed by atoms with E-state index in [4.69, 9.17) is 4.74 Å². The molecule has 2 N–H and O–H groups in total. The van der Waals surface area contributed by atoms with Crippen molar-refractivity contribution in [2.45, 2.75) is 57.3 Å². The average Bonchev–Trinajstić information content (AvgIpc) is 3.19. The van der Waals surface area contributed by atoms with E-state index in [1.807, 2.05) is 31.2 Å². The lowest BCUT2D eigenvalue weighted by atomic mass is 9.96. The number of anilines is 1. The fourth-order valence-corrected chi connectivity index (χ4v) is 5.62. The monoisotopic (exact) mass is 520 g/mol. The number of carbonyl (C=O) groups excluding carboxylic acids is 2. The number of aromatic nitrogens is 1. The second-order valence-electron chi connectivity index (χ2n) is 9.90. The molecule has 0 radical (unpaired) electrons. The molecule has 0 saturated carbocycles. The van der Waals surface area contributed by atoms with Gasteiger partial charge < -0.3 is 20.3 Å². The summed E-state index contributed by atoms with van der Waals surface area (Å²) in [6.07, 6.45) is 5.22. The molecule has 0 spiro atoms. The zero-order chi connectivity index (χ0) is 26.8. The summed E-state index contributed by atoms with van der Waals surface area (Å²) in [7, 11) is 1.60. The number of nitrogens with zero attached hydrogens (tertiary/aromatic N) is 2. The molecule has 5 rings (SSSR count). The lowest BCUT2D eigenvalue weighted by Gasteiger charge is -2.40. The topological polar surface area (TPSA) is 83.6 Å². The molecule has 2 bridgehead atoms. The maximum absolute atomic E-state index is 13.4. The minimum Gasteiger partial charge on any atom is -0.496 e. The highest BCUT2D eigenvalue weighted by molar-refractivity contribution is 5.96. The lowest BCUT2D eigenvalue weighted by Crippen LogP contribution is -2.50. The van der Waals surface area contributed by atoms with Crippen LogP contribution in [-0.4, -0.2) is 42.0 Å². The molecular weight excluding hydrogens is 490 g/mol. The molecule has 2 saturated heterocycles. The number of nitrogens with one attached hydrogen (secondary N) is 2. The number of fused-ring (bicyclic) bond motifs is 2. The van der Waals surface area contributed by atoms with Crippen LogP contribution in [0.5, 0.6) is 5.75 Å². The van der Waals surface area contributed by atoms with Crippen LogP contribution in [0.25, 0.3) is 0 Å². The van der Waals surface area contributed by atoms with E-state index in [1.54, 1.807) is 13.2 Å². The van der Waals surface area contributed by atoms with E-state index >= 15 is 0 Å². The van der Waals surface area contributed by atoms with E-state index < -0.39 is 11.6 Å². The van der Waals surface area contributed by atoms with Crippen molar-refractivity contribution in [1.29, 1.82) is 0 Å². The molecule has 3 aromatic rings. The van der Waals surface area contributed by atoms with Gasteiger partial charge in [0.05, 0.1) is 12.7 Å². The molecule has 1 aromatic heterocycles. The van der Waals surface area contributed by atoms with Crippen LogP contribution in [-0.2, 0) is 6.54 Å². The largest absolute Gasteiger partial charge is 0.496 e. The van der Waals surface area contributed by atoms with Gasteiger partial charge >= 0.3 is 0 Å². The quantitative estimate of drug-likeness (QED) is 0.478. The standard InChI is InChI=1S/C29H30F2N4O3/c1-17-23(4-3-5-26(17)38-2)29(37)34-20-13-21-8-9-22(14-20)35(21)27-11-7-19(16-32-27)28(36)33-15-18-6-10-24(30)25(31)12-18/h3-7,10-12,16,20-22H,8-9,13-15H2,1-2H3,(H,33,36)(H,34,37). The van der Waals surface area contributed by atoms with Crippen molar-refractivity contribution < 1.29 is 23.1 Å². The molecule has 38 heavy (non-hydrogen) atoms. The van der Waals surface area contributed by atoms with E-state index in [-0.39, 0.29) is 36.5 Å². The van der Waals surface area contributed by atoms with Crippen molar-refractivity contribution in [2.24, 2.45) is 0 Å². The number of carbonyl (C=O) groups is 2. The molecular formula is C29H30F2N4O3. The maximum atomic E-state index is 13.4. The number of ether oxygens (including phenoxy) is 1. The smallest absolute Gasteiger partial charge is 0.253 e. The first-order valence-corrected chi connectivity index (χ1v) is 12.7. The van der Waals surface area contributed by atoms with E-state index in [0.717, 1.165) is 49.2 Å². The molecule has 2 aromatic carbocycles.